The lowest BCUT2D eigenvalue weighted by Gasteiger charge is -2.43. The Morgan fingerprint density at radius 3 is 2.57 bits per heavy atom. The van der Waals surface area contributed by atoms with Crippen LogP contribution < -0.4 is 5.32 Å². The SMILES string of the molecule is CCC1(CC)NC(=O)CN(C(C)c2cccc(Cl)c2)C1=O. The molecule has 0 spiro atoms. The lowest BCUT2D eigenvalue weighted by atomic mass is 9.87. The van der Waals surface area contributed by atoms with E-state index in [2.05, 4.69) is 5.32 Å². The summed E-state index contributed by atoms with van der Waals surface area (Å²) in [4.78, 5) is 26.5. The van der Waals surface area contributed by atoms with E-state index in [0.717, 1.165) is 5.56 Å². The van der Waals surface area contributed by atoms with Gasteiger partial charge < -0.3 is 10.2 Å². The molecular formula is C16H21ClN2O2. The summed E-state index contributed by atoms with van der Waals surface area (Å²) in [5.74, 6) is -0.119. The largest absolute Gasteiger partial charge is 0.340 e. The fourth-order valence-electron chi connectivity index (χ4n) is 2.85. The lowest BCUT2D eigenvalue weighted by Crippen LogP contribution is -2.66. The van der Waals surface area contributed by atoms with Crippen LogP contribution in [0.15, 0.2) is 24.3 Å². The van der Waals surface area contributed by atoms with Crippen LogP contribution in [0.1, 0.15) is 45.2 Å². The normalized spacial score (nSPS) is 19.3. The Labute approximate surface area is 130 Å². The Balaban J connectivity index is 2.33. The van der Waals surface area contributed by atoms with Crippen LogP contribution in [0.25, 0.3) is 0 Å². The predicted molar refractivity (Wildman–Crippen MR) is 83.0 cm³/mol. The fraction of sp³-hybridized carbons (Fsp3) is 0.500. The maximum absolute atomic E-state index is 12.8. The van der Waals surface area contributed by atoms with Crippen LogP contribution in [-0.4, -0.2) is 28.8 Å². The van der Waals surface area contributed by atoms with Crippen LogP contribution in [0, 0.1) is 0 Å². The molecule has 1 aromatic carbocycles. The van der Waals surface area contributed by atoms with Gasteiger partial charge in [-0.2, -0.15) is 0 Å². The summed E-state index contributed by atoms with van der Waals surface area (Å²) in [6.07, 6.45) is 1.18. The second-order valence-electron chi connectivity index (χ2n) is 5.50. The number of halogens is 1. The molecule has 4 nitrogen and oxygen atoms in total. The van der Waals surface area contributed by atoms with E-state index < -0.39 is 5.54 Å². The minimum atomic E-state index is -0.776. The number of carbonyl (C=O) groups excluding carboxylic acids is 2. The van der Waals surface area contributed by atoms with Gasteiger partial charge in [-0.3, -0.25) is 9.59 Å². The Kier molecular flexibility index (Phi) is 4.57. The summed E-state index contributed by atoms with van der Waals surface area (Å²) in [6, 6.07) is 7.24. The van der Waals surface area contributed by atoms with Gasteiger partial charge in [0.25, 0.3) is 0 Å². The molecule has 5 heteroatoms. The molecule has 0 bridgehead atoms. The van der Waals surface area contributed by atoms with E-state index in [4.69, 9.17) is 11.6 Å². The highest BCUT2D eigenvalue weighted by Gasteiger charge is 2.45. The number of hydrogen-bond acceptors (Lipinski definition) is 2. The summed E-state index contributed by atoms with van der Waals surface area (Å²) < 4.78 is 0. The molecule has 2 rings (SSSR count). The Bertz CT molecular complexity index is 555. The number of carbonyl (C=O) groups is 2. The molecule has 1 heterocycles. The van der Waals surface area contributed by atoms with Crippen molar-refractivity contribution >= 4 is 23.4 Å². The Morgan fingerprint density at radius 1 is 1.33 bits per heavy atom. The van der Waals surface area contributed by atoms with Gasteiger partial charge in [-0.05, 0) is 37.5 Å². The minimum Gasteiger partial charge on any atom is -0.340 e. The van der Waals surface area contributed by atoms with Crippen molar-refractivity contribution in [2.45, 2.75) is 45.2 Å². The number of hydrogen-bond donors (Lipinski definition) is 1. The van der Waals surface area contributed by atoms with Crippen LogP contribution in [0.4, 0.5) is 0 Å². The third kappa shape index (κ3) is 2.91. The highest BCUT2D eigenvalue weighted by atomic mass is 35.5. The van der Waals surface area contributed by atoms with E-state index in [1.165, 1.54) is 0 Å². The number of nitrogens with zero attached hydrogens (tertiary/aromatic N) is 1. The van der Waals surface area contributed by atoms with Crippen LogP contribution >= 0.6 is 11.6 Å². The van der Waals surface area contributed by atoms with E-state index in [-0.39, 0.29) is 24.4 Å². The van der Waals surface area contributed by atoms with E-state index in [1.807, 2.05) is 39.0 Å². The first-order valence-electron chi connectivity index (χ1n) is 7.31. The monoisotopic (exact) mass is 308 g/mol. The highest BCUT2D eigenvalue weighted by molar-refractivity contribution is 6.30. The van der Waals surface area contributed by atoms with Crippen LogP contribution in [0.5, 0.6) is 0 Å². The quantitative estimate of drug-likeness (QED) is 0.929. The Hall–Kier alpha value is -1.55. The number of piperazine rings is 1. The summed E-state index contributed by atoms with van der Waals surface area (Å²) >= 11 is 6.02. The van der Waals surface area contributed by atoms with Gasteiger partial charge in [0.15, 0.2) is 0 Å². The molecule has 0 aliphatic carbocycles. The van der Waals surface area contributed by atoms with Gasteiger partial charge >= 0.3 is 0 Å². The van der Waals surface area contributed by atoms with Crippen LogP contribution in [0.2, 0.25) is 5.02 Å². The predicted octanol–water partition coefficient (Wildman–Crippen LogP) is 2.92. The van der Waals surface area contributed by atoms with Gasteiger partial charge in [0.1, 0.15) is 12.1 Å². The summed E-state index contributed by atoms with van der Waals surface area (Å²) in [6.45, 7) is 5.87. The number of benzene rings is 1. The van der Waals surface area contributed by atoms with Gasteiger partial charge in [0.2, 0.25) is 11.8 Å². The average Bonchev–Trinajstić information content (AvgIpc) is 2.48. The maximum atomic E-state index is 12.8. The number of nitrogens with one attached hydrogen (secondary N) is 1. The summed E-state index contributed by atoms with van der Waals surface area (Å²) in [5.41, 5.74) is 0.161. The molecule has 1 aliphatic rings. The molecule has 0 radical (unpaired) electrons. The third-order valence-electron chi connectivity index (χ3n) is 4.37. The molecule has 1 aromatic rings. The van der Waals surface area contributed by atoms with Gasteiger partial charge in [0, 0.05) is 5.02 Å². The zero-order valence-corrected chi connectivity index (χ0v) is 13.4. The van der Waals surface area contributed by atoms with Gasteiger partial charge in [-0.15, -0.1) is 0 Å². The zero-order valence-electron chi connectivity index (χ0n) is 12.6. The number of amides is 2. The molecule has 0 saturated carbocycles. The first-order chi connectivity index (χ1) is 9.93. The maximum Gasteiger partial charge on any atom is 0.249 e. The van der Waals surface area contributed by atoms with Crippen molar-refractivity contribution in [3.8, 4) is 0 Å². The van der Waals surface area contributed by atoms with E-state index in [0.29, 0.717) is 17.9 Å². The molecule has 1 fully saturated rings. The van der Waals surface area contributed by atoms with Gasteiger partial charge in [-0.1, -0.05) is 37.6 Å². The highest BCUT2D eigenvalue weighted by Crippen LogP contribution is 2.30. The van der Waals surface area contributed by atoms with Crippen molar-refractivity contribution in [1.82, 2.24) is 10.2 Å². The molecule has 1 saturated heterocycles. The van der Waals surface area contributed by atoms with Crippen LogP contribution in [0.3, 0.4) is 0 Å². The lowest BCUT2D eigenvalue weighted by molar-refractivity contribution is -0.152. The van der Waals surface area contributed by atoms with Crippen LogP contribution in [-0.2, 0) is 9.59 Å². The molecule has 1 N–H and O–H groups in total. The van der Waals surface area contributed by atoms with E-state index in [1.54, 1.807) is 11.0 Å². The molecule has 1 aliphatic heterocycles. The molecule has 1 atom stereocenters. The summed E-state index contributed by atoms with van der Waals surface area (Å²) in [5, 5.41) is 3.50. The number of rotatable bonds is 4. The van der Waals surface area contributed by atoms with Crippen molar-refractivity contribution in [2.75, 3.05) is 6.54 Å². The molecule has 2 amide bonds. The van der Waals surface area contributed by atoms with Crippen molar-refractivity contribution in [3.05, 3.63) is 34.9 Å². The zero-order chi connectivity index (χ0) is 15.6. The molecule has 0 aromatic heterocycles. The van der Waals surface area contributed by atoms with Gasteiger partial charge in [-0.25, -0.2) is 0 Å². The van der Waals surface area contributed by atoms with E-state index >= 15 is 0 Å². The second kappa shape index (κ2) is 6.06. The minimum absolute atomic E-state index is 0.0143. The fourth-order valence-corrected chi connectivity index (χ4v) is 3.05. The topological polar surface area (TPSA) is 49.4 Å². The molecule has 1 unspecified atom stereocenters. The van der Waals surface area contributed by atoms with Crippen molar-refractivity contribution in [2.24, 2.45) is 0 Å². The average molecular weight is 309 g/mol. The first kappa shape index (κ1) is 15.8. The smallest absolute Gasteiger partial charge is 0.249 e. The standard InChI is InChI=1S/C16H21ClN2O2/c1-4-16(5-2)15(21)19(10-14(20)18-16)11(3)12-7-6-8-13(17)9-12/h6-9,11H,4-5,10H2,1-3H3,(H,18,20). The third-order valence-corrected chi connectivity index (χ3v) is 4.60. The summed E-state index contributed by atoms with van der Waals surface area (Å²) in [7, 11) is 0. The molecule has 114 valence electrons. The first-order valence-corrected chi connectivity index (χ1v) is 7.69. The van der Waals surface area contributed by atoms with Crippen molar-refractivity contribution in [1.29, 1.82) is 0 Å². The van der Waals surface area contributed by atoms with Crippen molar-refractivity contribution < 1.29 is 9.59 Å². The molecule has 21 heavy (non-hydrogen) atoms. The van der Waals surface area contributed by atoms with E-state index in [9.17, 15) is 9.59 Å². The van der Waals surface area contributed by atoms with Gasteiger partial charge in [0.05, 0.1) is 6.04 Å². The molecular weight excluding hydrogens is 288 g/mol. The van der Waals surface area contributed by atoms with Crippen molar-refractivity contribution in [3.63, 3.8) is 0 Å². The Morgan fingerprint density at radius 2 is 2.00 bits per heavy atom. The second-order valence-corrected chi connectivity index (χ2v) is 5.94.